The van der Waals surface area contributed by atoms with Gasteiger partial charge >= 0.3 is 0 Å². The Kier molecular flexibility index (Phi) is 6.56. The normalized spacial score (nSPS) is 22.3. The number of para-hydroxylation sites is 1. The van der Waals surface area contributed by atoms with Crippen LogP contribution in [0, 0.1) is 5.92 Å². The fourth-order valence-electron chi connectivity index (χ4n) is 4.42. The zero-order valence-electron chi connectivity index (χ0n) is 18.2. The summed E-state index contributed by atoms with van der Waals surface area (Å²) >= 11 is 0. The highest BCUT2D eigenvalue weighted by atomic mass is 16.5. The number of nitrogens with zero attached hydrogens (tertiary/aromatic N) is 2. The highest BCUT2D eigenvalue weighted by Crippen LogP contribution is 2.25. The molecule has 2 aromatic carbocycles. The first-order chi connectivity index (χ1) is 15.0. The Morgan fingerprint density at radius 2 is 1.42 bits per heavy atom. The Balaban J connectivity index is 1.30. The van der Waals surface area contributed by atoms with E-state index in [1.165, 1.54) is 0 Å². The van der Waals surface area contributed by atoms with Crippen LogP contribution in [0.3, 0.4) is 0 Å². The molecule has 2 amide bonds. The Morgan fingerprint density at radius 3 is 2.03 bits per heavy atom. The average Bonchev–Trinajstić information content (AvgIpc) is 2.79. The predicted octanol–water partition coefficient (Wildman–Crippen LogP) is 3.97. The summed E-state index contributed by atoms with van der Waals surface area (Å²) in [5, 5.41) is 0. The molecule has 164 valence electrons. The summed E-state index contributed by atoms with van der Waals surface area (Å²) in [7, 11) is 0. The molecule has 6 nitrogen and oxygen atoms in total. The van der Waals surface area contributed by atoms with Gasteiger partial charge < -0.3 is 19.3 Å². The molecule has 0 spiro atoms. The molecular weight excluding hydrogens is 392 g/mol. The largest absolute Gasteiger partial charge is 0.457 e. The topological polar surface area (TPSA) is 59.1 Å². The molecule has 0 saturated carbocycles. The van der Waals surface area contributed by atoms with Gasteiger partial charge in [0.1, 0.15) is 11.5 Å². The standard InChI is InChI=1S/C25H30N2O4/c1-18-16-27(17-19(2)30-18)25(29)21-12-14-26(15-13-21)24(28)20-8-10-23(11-9-20)31-22-6-4-3-5-7-22/h3-11,18-19,21H,12-17H2,1-2H3/t18-,19+. The molecule has 31 heavy (non-hydrogen) atoms. The molecule has 0 unspecified atom stereocenters. The first-order valence-electron chi connectivity index (χ1n) is 11.1. The van der Waals surface area contributed by atoms with Gasteiger partial charge in [-0.05, 0) is 63.1 Å². The van der Waals surface area contributed by atoms with Gasteiger partial charge in [-0.2, -0.15) is 0 Å². The Bertz CT molecular complexity index is 881. The number of hydrogen-bond acceptors (Lipinski definition) is 4. The predicted molar refractivity (Wildman–Crippen MR) is 118 cm³/mol. The van der Waals surface area contributed by atoms with Gasteiger partial charge in [0.25, 0.3) is 5.91 Å². The third-order valence-corrected chi connectivity index (χ3v) is 5.94. The second-order valence-electron chi connectivity index (χ2n) is 8.51. The van der Waals surface area contributed by atoms with Crippen molar-refractivity contribution in [3.63, 3.8) is 0 Å². The van der Waals surface area contributed by atoms with E-state index in [9.17, 15) is 9.59 Å². The van der Waals surface area contributed by atoms with Crippen molar-refractivity contribution >= 4 is 11.8 Å². The van der Waals surface area contributed by atoms with Gasteiger partial charge in [-0.1, -0.05) is 18.2 Å². The van der Waals surface area contributed by atoms with Crippen molar-refractivity contribution in [1.82, 2.24) is 9.80 Å². The molecule has 2 fully saturated rings. The third-order valence-electron chi connectivity index (χ3n) is 5.94. The van der Waals surface area contributed by atoms with Gasteiger partial charge in [0.15, 0.2) is 0 Å². The van der Waals surface area contributed by atoms with E-state index in [1.54, 1.807) is 12.1 Å². The number of ether oxygens (including phenoxy) is 2. The van der Waals surface area contributed by atoms with Crippen molar-refractivity contribution < 1.29 is 19.1 Å². The SMILES string of the molecule is C[C@@H]1CN(C(=O)C2CCN(C(=O)c3ccc(Oc4ccccc4)cc3)CC2)C[C@H](C)O1. The van der Waals surface area contributed by atoms with Crippen molar-refractivity contribution in [3.8, 4) is 11.5 Å². The number of morpholine rings is 1. The van der Waals surface area contributed by atoms with Crippen molar-refractivity contribution in [2.45, 2.75) is 38.9 Å². The first-order valence-corrected chi connectivity index (χ1v) is 11.1. The van der Waals surface area contributed by atoms with E-state index in [4.69, 9.17) is 9.47 Å². The van der Waals surface area contributed by atoms with Gasteiger partial charge in [-0.3, -0.25) is 9.59 Å². The summed E-state index contributed by atoms with van der Waals surface area (Å²) in [6, 6.07) is 16.8. The maximum atomic E-state index is 12.9. The zero-order valence-corrected chi connectivity index (χ0v) is 18.2. The quantitative estimate of drug-likeness (QED) is 0.748. The van der Waals surface area contributed by atoms with Gasteiger partial charge in [0.05, 0.1) is 12.2 Å². The molecule has 0 aliphatic carbocycles. The van der Waals surface area contributed by atoms with E-state index in [2.05, 4.69) is 0 Å². The monoisotopic (exact) mass is 422 g/mol. The summed E-state index contributed by atoms with van der Waals surface area (Å²) in [4.78, 5) is 29.6. The number of piperidine rings is 1. The van der Waals surface area contributed by atoms with Crippen molar-refractivity contribution in [2.24, 2.45) is 5.92 Å². The van der Waals surface area contributed by atoms with Crippen LogP contribution in [-0.2, 0) is 9.53 Å². The Morgan fingerprint density at radius 1 is 0.839 bits per heavy atom. The molecule has 2 atom stereocenters. The van der Waals surface area contributed by atoms with Crippen LogP contribution in [0.5, 0.6) is 11.5 Å². The Hall–Kier alpha value is -2.86. The summed E-state index contributed by atoms with van der Waals surface area (Å²) in [6.45, 7) is 6.53. The Labute approximate surface area is 183 Å². The van der Waals surface area contributed by atoms with Crippen LogP contribution in [-0.4, -0.2) is 60.0 Å². The summed E-state index contributed by atoms with van der Waals surface area (Å²) in [6.07, 6.45) is 1.56. The van der Waals surface area contributed by atoms with E-state index in [0.717, 1.165) is 5.75 Å². The van der Waals surface area contributed by atoms with Crippen LogP contribution in [0.4, 0.5) is 0 Å². The third kappa shape index (κ3) is 5.25. The number of benzene rings is 2. The molecule has 4 rings (SSSR count). The smallest absolute Gasteiger partial charge is 0.253 e. The molecule has 0 N–H and O–H groups in total. The number of likely N-dealkylation sites (tertiary alicyclic amines) is 1. The maximum Gasteiger partial charge on any atom is 0.253 e. The number of rotatable bonds is 4. The van der Waals surface area contributed by atoms with Gasteiger partial charge in [-0.15, -0.1) is 0 Å². The van der Waals surface area contributed by atoms with Gasteiger partial charge in [-0.25, -0.2) is 0 Å². The van der Waals surface area contributed by atoms with Crippen molar-refractivity contribution in [2.75, 3.05) is 26.2 Å². The number of carbonyl (C=O) groups excluding carboxylic acids is 2. The maximum absolute atomic E-state index is 12.9. The minimum absolute atomic E-state index is 0.00535. The molecule has 0 bridgehead atoms. The number of hydrogen-bond donors (Lipinski definition) is 0. The van der Waals surface area contributed by atoms with Crippen LogP contribution >= 0.6 is 0 Å². The lowest BCUT2D eigenvalue weighted by molar-refractivity contribution is -0.148. The van der Waals surface area contributed by atoms with Gasteiger partial charge in [0, 0.05) is 37.7 Å². The molecule has 2 aromatic rings. The van der Waals surface area contributed by atoms with E-state index in [-0.39, 0.29) is 29.9 Å². The molecule has 2 saturated heterocycles. The van der Waals surface area contributed by atoms with E-state index in [0.29, 0.717) is 50.3 Å². The average molecular weight is 423 g/mol. The van der Waals surface area contributed by atoms with E-state index < -0.39 is 0 Å². The minimum Gasteiger partial charge on any atom is -0.457 e. The van der Waals surface area contributed by atoms with E-state index in [1.807, 2.05) is 66.1 Å². The summed E-state index contributed by atoms with van der Waals surface area (Å²) in [5.74, 6) is 1.66. The van der Waals surface area contributed by atoms with Crippen molar-refractivity contribution in [3.05, 3.63) is 60.2 Å². The zero-order chi connectivity index (χ0) is 21.8. The van der Waals surface area contributed by atoms with E-state index >= 15 is 0 Å². The highest BCUT2D eigenvalue weighted by molar-refractivity contribution is 5.94. The summed E-state index contributed by atoms with van der Waals surface area (Å²) in [5.41, 5.74) is 0.640. The van der Waals surface area contributed by atoms with Crippen LogP contribution in [0.2, 0.25) is 0 Å². The van der Waals surface area contributed by atoms with Gasteiger partial charge in [0.2, 0.25) is 5.91 Å². The lowest BCUT2D eigenvalue weighted by atomic mass is 9.94. The fourth-order valence-corrected chi connectivity index (χ4v) is 4.42. The second-order valence-corrected chi connectivity index (χ2v) is 8.51. The van der Waals surface area contributed by atoms with Crippen LogP contribution in [0.1, 0.15) is 37.0 Å². The van der Waals surface area contributed by atoms with Crippen LogP contribution < -0.4 is 4.74 Å². The molecule has 6 heteroatoms. The first kappa shape index (κ1) is 21.4. The minimum atomic E-state index is -0.0109. The summed E-state index contributed by atoms with van der Waals surface area (Å²) < 4.78 is 11.5. The lowest BCUT2D eigenvalue weighted by Gasteiger charge is -2.39. The van der Waals surface area contributed by atoms with Crippen molar-refractivity contribution in [1.29, 1.82) is 0 Å². The molecule has 2 aliphatic rings. The number of carbonyl (C=O) groups is 2. The molecule has 0 aromatic heterocycles. The lowest BCUT2D eigenvalue weighted by Crippen LogP contribution is -2.51. The fraction of sp³-hybridized carbons (Fsp3) is 0.440. The molecular formula is C25H30N2O4. The molecule has 0 radical (unpaired) electrons. The second kappa shape index (κ2) is 9.52. The molecule has 2 aliphatic heterocycles. The number of amides is 2. The van der Waals surface area contributed by atoms with Crippen LogP contribution in [0.25, 0.3) is 0 Å². The van der Waals surface area contributed by atoms with Crippen LogP contribution in [0.15, 0.2) is 54.6 Å². The molecule has 2 heterocycles. The highest BCUT2D eigenvalue weighted by Gasteiger charge is 2.33.